The van der Waals surface area contributed by atoms with Crippen LogP contribution in [0.4, 0.5) is 0 Å². The molecule has 3 N–H and O–H groups in total. The molecule has 1 aromatic heterocycles. The number of carbonyl (C=O) groups is 2. The first kappa shape index (κ1) is 17.4. The van der Waals surface area contributed by atoms with Gasteiger partial charge < -0.3 is 11.1 Å². The summed E-state index contributed by atoms with van der Waals surface area (Å²) in [5.41, 5.74) is 8.43. The van der Waals surface area contributed by atoms with E-state index in [0.717, 1.165) is 48.0 Å². The number of aryl methyl sites for hydroxylation is 1. The van der Waals surface area contributed by atoms with Gasteiger partial charge in [-0.1, -0.05) is 12.1 Å². The van der Waals surface area contributed by atoms with Gasteiger partial charge in [-0.15, -0.1) is 0 Å². The van der Waals surface area contributed by atoms with E-state index in [9.17, 15) is 9.59 Å². The maximum absolute atomic E-state index is 12.5. The molecule has 0 saturated carbocycles. The molecule has 0 spiro atoms. The second kappa shape index (κ2) is 7.61. The molecule has 1 aliphatic heterocycles. The molecule has 6 heteroatoms. The van der Waals surface area contributed by atoms with Gasteiger partial charge in [0.1, 0.15) is 0 Å². The first-order valence-corrected chi connectivity index (χ1v) is 8.66. The van der Waals surface area contributed by atoms with Crippen LogP contribution in [0, 0.1) is 12.8 Å². The third-order valence-electron chi connectivity index (χ3n) is 4.91. The molecule has 0 radical (unpaired) electrons. The Morgan fingerprint density at radius 2 is 2.04 bits per heavy atom. The van der Waals surface area contributed by atoms with Crippen molar-refractivity contribution in [2.75, 3.05) is 19.6 Å². The van der Waals surface area contributed by atoms with Crippen LogP contribution in [0.3, 0.4) is 0 Å². The van der Waals surface area contributed by atoms with Crippen molar-refractivity contribution in [1.82, 2.24) is 15.2 Å². The van der Waals surface area contributed by atoms with Gasteiger partial charge in [-0.3, -0.25) is 19.5 Å². The third-order valence-corrected chi connectivity index (χ3v) is 4.91. The molecule has 2 amide bonds. The molecule has 2 heterocycles. The molecule has 2 aromatic rings. The number of nitrogens with one attached hydrogen (secondary N) is 1. The molecule has 0 unspecified atom stereocenters. The van der Waals surface area contributed by atoms with Gasteiger partial charge in [0.15, 0.2) is 0 Å². The van der Waals surface area contributed by atoms with Gasteiger partial charge in [0, 0.05) is 24.0 Å². The van der Waals surface area contributed by atoms with Crippen LogP contribution in [0.15, 0.2) is 30.5 Å². The average molecular weight is 340 g/mol. The van der Waals surface area contributed by atoms with E-state index >= 15 is 0 Å². The number of likely N-dealkylation sites (tertiary alicyclic amines) is 1. The van der Waals surface area contributed by atoms with Gasteiger partial charge in [0.2, 0.25) is 11.8 Å². The summed E-state index contributed by atoms with van der Waals surface area (Å²) in [5.74, 6) is -0.237. The van der Waals surface area contributed by atoms with E-state index in [4.69, 9.17) is 5.73 Å². The third kappa shape index (κ3) is 4.14. The molecule has 0 bridgehead atoms. The SMILES string of the molecule is Cc1ccc2ncccc2c1CNC(=O)C1CCN(CC(N)=O)CC1. The molecule has 1 saturated heterocycles. The van der Waals surface area contributed by atoms with Crippen molar-refractivity contribution in [2.24, 2.45) is 11.7 Å². The number of rotatable bonds is 5. The van der Waals surface area contributed by atoms with Crippen molar-refractivity contribution in [2.45, 2.75) is 26.3 Å². The second-order valence-electron chi connectivity index (χ2n) is 6.67. The Balaban J connectivity index is 1.60. The van der Waals surface area contributed by atoms with E-state index in [-0.39, 0.29) is 24.3 Å². The van der Waals surface area contributed by atoms with Crippen LogP contribution >= 0.6 is 0 Å². The Morgan fingerprint density at radius 3 is 2.76 bits per heavy atom. The minimum Gasteiger partial charge on any atom is -0.369 e. The number of benzene rings is 1. The summed E-state index contributed by atoms with van der Waals surface area (Å²) in [5, 5.41) is 4.16. The van der Waals surface area contributed by atoms with E-state index in [2.05, 4.69) is 17.2 Å². The van der Waals surface area contributed by atoms with Crippen molar-refractivity contribution in [3.05, 3.63) is 41.6 Å². The summed E-state index contributed by atoms with van der Waals surface area (Å²) < 4.78 is 0. The highest BCUT2D eigenvalue weighted by atomic mass is 16.2. The number of amides is 2. The standard InChI is InChI=1S/C19H24N4O2/c1-13-4-5-17-15(3-2-8-21-17)16(13)11-22-19(25)14-6-9-23(10-7-14)12-18(20)24/h2-5,8,14H,6-7,9-12H2,1H3,(H2,20,24)(H,22,25). The molecule has 3 rings (SSSR count). The lowest BCUT2D eigenvalue weighted by Crippen LogP contribution is -2.43. The van der Waals surface area contributed by atoms with Crippen LogP contribution in [0.5, 0.6) is 0 Å². The van der Waals surface area contributed by atoms with Gasteiger partial charge >= 0.3 is 0 Å². The maximum Gasteiger partial charge on any atom is 0.231 e. The van der Waals surface area contributed by atoms with E-state index in [1.165, 1.54) is 0 Å². The second-order valence-corrected chi connectivity index (χ2v) is 6.67. The lowest BCUT2D eigenvalue weighted by atomic mass is 9.95. The topological polar surface area (TPSA) is 88.3 Å². The van der Waals surface area contributed by atoms with E-state index < -0.39 is 0 Å². The predicted octanol–water partition coefficient (Wildman–Crippen LogP) is 1.36. The molecular weight excluding hydrogens is 316 g/mol. The van der Waals surface area contributed by atoms with Gasteiger partial charge in [0.05, 0.1) is 12.1 Å². The normalized spacial score (nSPS) is 16.0. The van der Waals surface area contributed by atoms with Crippen LogP contribution in [-0.2, 0) is 16.1 Å². The Kier molecular flexibility index (Phi) is 5.28. The highest BCUT2D eigenvalue weighted by molar-refractivity contribution is 5.84. The number of hydrogen-bond acceptors (Lipinski definition) is 4. The summed E-state index contributed by atoms with van der Waals surface area (Å²) in [6.45, 7) is 4.30. The minimum atomic E-state index is -0.317. The fourth-order valence-electron chi connectivity index (χ4n) is 3.45. The number of fused-ring (bicyclic) bond motifs is 1. The number of piperidine rings is 1. The maximum atomic E-state index is 12.5. The molecule has 25 heavy (non-hydrogen) atoms. The van der Waals surface area contributed by atoms with Gasteiger partial charge in [-0.05, 0) is 56.1 Å². The summed E-state index contributed by atoms with van der Waals surface area (Å²) in [6, 6.07) is 8.00. The molecule has 1 fully saturated rings. The monoisotopic (exact) mass is 340 g/mol. The first-order chi connectivity index (χ1) is 12.0. The Morgan fingerprint density at radius 1 is 1.28 bits per heavy atom. The zero-order valence-corrected chi connectivity index (χ0v) is 14.5. The summed E-state index contributed by atoms with van der Waals surface area (Å²) >= 11 is 0. The van der Waals surface area contributed by atoms with Gasteiger partial charge in [-0.2, -0.15) is 0 Å². The zero-order chi connectivity index (χ0) is 17.8. The van der Waals surface area contributed by atoms with E-state index in [1.807, 2.05) is 29.2 Å². The first-order valence-electron chi connectivity index (χ1n) is 8.66. The Hall–Kier alpha value is -2.47. The number of nitrogens with zero attached hydrogens (tertiary/aromatic N) is 2. The summed E-state index contributed by atoms with van der Waals surface area (Å²) in [6.07, 6.45) is 3.30. The van der Waals surface area contributed by atoms with Gasteiger partial charge in [-0.25, -0.2) is 0 Å². The average Bonchev–Trinajstić information content (AvgIpc) is 2.61. The van der Waals surface area contributed by atoms with Crippen LogP contribution in [-0.4, -0.2) is 41.3 Å². The molecular formula is C19H24N4O2. The summed E-state index contributed by atoms with van der Waals surface area (Å²) in [7, 11) is 0. The highest BCUT2D eigenvalue weighted by Gasteiger charge is 2.25. The molecule has 1 aromatic carbocycles. The van der Waals surface area contributed by atoms with Crippen LogP contribution < -0.4 is 11.1 Å². The van der Waals surface area contributed by atoms with Crippen molar-refractivity contribution >= 4 is 22.7 Å². The minimum absolute atomic E-state index is 0.00228. The Labute approximate surface area is 147 Å². The summed E-state index contributed by atoms with van der Waals surface area (Å²) in [4.78, 5) is 29.9. The fourth-order valence-corrected chi connectivity index (χ4v) is 3.45. The van der Waals surface area contributed by atoms with E-state index in [1.54, 1.807) is 6.20 Å². The van der Waals surface area contributed by atoms with Crippen LogP contribution in [0.25, 0.3) is 10.9 Å². The molecule has 6 nitrogen and oxygen atoms in total. The van der Waals surface area contributed by atoms with Crippen molar-refractivity contribution in [3.63, 3.8) is 0 Å². The van der Waals surface area contributed by atoms with Gasteiger partial charge in [0.25, 0.3) is 0 Å². The number of nitrogens with two attached hydrogens (primary N) is 1. The predicted molar refractivity (Wildman–Crippen MR) is 96.7 cm³/mol. The van der Waals surface area contributed by atoms with E-state index in [0.29, 0.717) is 6.54 Å². The molecule has 132 valence electrons. The lowest BCUT2D eigenvalue weighted by Gasteiger charge is -2.30. The number of carbonyl (C=O) groups excluding carboxylic acids is 2. The van der Waals surface area contributed by atoms with Crippen molar-refractivity contribution in [1.29, 1.82) is 0 Å². The molecule has 1 aliphatic rings. The van der Waals surface area contributed by atoms with Crippen molar-refractivity contribution < 1.29 is 9.59 Å². The largest absolute Gasteiger partial charge is 0.369 e. The molecule has 0 aliphatic carbocycles. The number of aromatic nitrogens is 1. The number of primary amides is 1. The smallest absolute Gasteiger partial charge is 0.231 e. The fraction of sp³-hybridized carbons (Fsp3) is 0.421. The van der Waals surface area contributed by atoms with Crippen molar-refractivity contribution in [3.8, 4) is 0 Å². The lowest BCUT2D eigenvalue weighted by molar-refractivity contribution is -0.126. The zero-order valence-electron chi connectivity index (χ0n) is 14.5. The quantitative estimate of drug-likeness (QED) is 0.860. The highest BCUT2D eigenvalue weighted by Crippen LogP contribution is 2.21. The molecule has 0 atom stereocenters. The Bertz CT molecular complexity index is 782. The van der Waals surface area contributed by atoms with Crippen LogP contribution in [0.1, 0.15) is 24.0 Å². The number of pyridine rings is 1. The van der Waals surface area contributed by atoms with Crippen LogP contribution in [0.2, 0.25) is 0 Å². The number of hydrogen-bond donors (Lipinski definition) is 2.